The van der Waals surface area contributed by atoms with Crippen LogP contribution in [0.3, 0.4) is 0 Å². The highest BCUT2D eigenvalue weighted by Crippen LogP contribution is 2.46. The first-order valence-electron chi connectivity index (χ1n) is 11.3. The van der Waals surface area contributed by atoms with Crippen molar-refractivity contribution in [3.63, 3.8) is 0 Å². The highest BCUT2D eigenvalue weighted by Gasteiger charge is 2.48. The lowest BCUT2D eigenvalue weighted by Gasteiger charge is -2.35. The molecule has 0 aliphatic carbocycles. The van der Waals surface area contributed by atoms with Crippen molar-refractivity contribution in [2.75, 3.05) is 36.4 Å². The molecule has 1 amide bonds. The Balaban J connectivity index is 1.38. The molecule has 36 heavy (non-hydrogen) atoms. The van der Waals surface area contributed by atoms with Crippen LogP contribution in [-0.2, 0) is 0 Å². The molecule has 2 aliphatic heterocycles. The number of carbonyl (C=O) groups is 1. The molecular weight excluding hydrogens is 505 g/mol. The standard InChI is InChI=1S/C24H21ClF5N5O/c25-20-21(23(36)34-11-9-33(10-12-34)17-7-5-16(27)6-8-17)32-35-19(24(28,29)30)13-18(31-22(20)35)14-1-3-15(26)4-2-14/h1-8,18-19,31H,9-13H2/t18-,19-/m0/s1. The Morgan fingerprint density at radius 1 is 0.944 bits per heavy atom. The van der Waals surface area contributed by atoms with E-state index >= 15 is 0 Å². The lowest BCUT2D eigenvalue weighted by Crippen LogP contribution is -2.49. The first kappa shape index (κ1) is 24.4. The molecule has 0 radical (unpaired) electrons. The monoisotopic (exact) mass is 525 g/mol. The topological polar surface area (TPSA) is 53.4 Å². The number of rotatable bonds is 3. The zero-order valence-corrected chi connectivity index (χ0v) is 19.5. The molecule has 1 aromatic heterocycles. The number of aromatic nitrogens is 2. The van der Waals surface area contributed by atoms with Crippen molar-refractivity contribution in [2.24, 2.45) is 0 Å². The van der Waals surface area contributed by atoms with E-state index in [9.17, 15) is 26.7 Å². The van der Waals surface area contributed by atoms with E-state index in [-0.39, 0.29) is 22.4 Å². The highest BCUT2D eigenvalue weighted by molar-refractivity contribution is 6.36. The summed E-state index contributed by atoms with van der Waals surface area (Å²) in [6.07, 6.45) is -5.05. The fourth-order valence-electron chi connectivity index (χ4n) is 4.61. The summed E-state index contributed by atoms with van der Waals surface area (Å²) in [5.41, 5.74) is 1.01. The quantitative estimate of drug-likeness (QED) is 0.463. The number of fused-ring (bicyclic) bond motifs is 1. The minimum Gasteiger partial charge on any atom is -0.368 e. The number of halogens is 6. The van der Waals surface area contributed by atoms with Gasteiger partial charge in [-0.2, -0.15) is 18.3 Å². The maximum absolute atomic E-state index is 14.0. The van der Waals surface area contributed by atoms with Crippen LogP contribution in [-0.4, -0.2) is 52.9 Å². The van der Waals surface area contributed by atoms with E-state index in [2.05, 4.69) is 10.4 Å². The Labute approximate surface area is 208 Å². The second kappa shape index (κ2) is 9.27. The average molecular weight is 526 g/mol. The number of nitrogens with one attached hydrogen (secondary N) is 1. The second-order valence-electron chi connectivity index (χ2n) is 8.75. The van der Waals surface area contributed by atoms with Crippen LogP contribution in [0.5, 0.6) is 0 Å². The molecule has 1 N–H and O–H groups in total. The first-order valence-corrected chi connectivity index (χ1v) is 11.7. The normalized spacial score (nSPS) is 20.2. The van der Waals surface area contributed by atoms with Crippen LogP contribution in [0.2, 0.25) is 5.02 Å². The Hall–Kier alpha value is -3.34. The number of alkyl halides is 3. The van der Waals surface area contributed by atoms with Gasteiger partial charge in [0.25, 0.3) is 5.91 Å². The van der Waals surface area contributed by atoms with Crippen LogP contribution < -0.4 is 10.2 Å². The van der Waals surface area contributed by atoms with E-state index in [0.717, 1.165) is 10.4 Å². The fraction of sp³-hybridized carbons (Fsp3) is 0.333. The van der Waals surface area contributed by atoms with Gasteiger partial charge in [-0.15, -0.1) is 0 Å². The van der Waals surface area contributed by atoms with Gasteiger partial charge >= 0.3 is 6.18 Å². The molecule has 3 heterocycles. The molecule has 6 nitrogen and oxygen atoms in total. The SMILES string of the molecule is O=C(c1nn2c(c1Cl)N[C@H](c1ccc(F)cc1)C[C@H]2C(F)(F)F)N1CCN(c2ccc(F)cc2)CC1. The van der Waals surface area contributed by atoms with Crippen LogP contribution in [0.1, 0.15) is 34.6 Å². The smallest absolute Gasteiger partial charge is 0.368 e. The summed E-state index contributed by atoms with van der Waals surface area (Å²) in [6.45, 7) is 1.50. The fourth-order valence-corrected chi connectivity index (χ4v) is 4.87. The number of carbonyl (C=O) groups excluding carboxylic acids is 1. The van der Waals surface area contributed by atoms with Gasteiger partial charge in [0.15, 0.2) is 11.7 Å². The van der Waals surface area contributed by atoms with Crippen molar-refractivity contribution in [3.05, 3.63) is 76.4 Å². The number of anilines is 2. The van der Waals surface area contributed by atoms with Crippen LogP contribution in [0.4, 0.5) is 33.5 Å². The predicted octanol–water partition coefficient (Wildman–Crippen LogP) is 5.44. The zero-order chi connectivity index (χ0) is 25.6. The van der Waals surface area contributed by atoms with Crippen molar-refractivity contribution in [1.29, 1.82) is 0 Å². The minimum atomic E-state index is -4.65. The van der Waals surface area contributed by atoms with Gasteiger partial charge in [0.05, 0.1) is 6.04 Å². The van der Waals surface area contributed by atoms with E-state index < -0.39 is 36.4 Å². The van der Waals surface area contributed by atoms with Crippen LogP contribution in [0, 0.1) is 11.6 Å². The molecule has 0 unspecified atom stereocenters. The number of benzene rings is 2. The average Bonchev–Trinajstić information content (AvgIpc) is 3.19. The molecule has 1 saturated heterocycles. The molecule has 5 rings (SSSR count). The summed E-state index contributed by atoms with van der Waals surface area (Å²) in [6, 6.07) is 8.35. The second-order valence-corrected chi connectivity index (χ2v) is 9.13. The van der Waals surface area contributed by atoms with Gasteiger partial charge in [-0.05, 0) is 42.0 Å². The number of piperazine rings is 1. The van der Waals surface area contributed by atoms with Crippen LogP contribution in [0.15, 0.2) is 48.5 Å². The molecule has 12 heteroatoms. The maximum atomic E-state index is 14.0. The molecule has 3 aromatic rings. The maximum Gasteiger partial charge on any atom is 0.410 e. The minimum absolute atomic E-state index is 0.104. The Morgan fingerprint density at radius 3 is 2.11 bits per heavy atom. The molecule has 2 aliphatic rings. The van der Waals surface area contributed by atoms with E-state index in [1.165, 1.54) is 41.3 Å². The largest absolute Gasteiger partial charge is 0.410 e. The molecular formula is C24H21ClF5N5O. The summed E-state index contributed by atoms with van der Waals surface area (Å²) in [5, 5.41) is 6.76. The molecule has 0 saturated carbocycles. The van der Waals surface area contributed by atoms with Gasteiger partial charge in [0.2, 0.25) is 0 Å². The third-order valence-electron chi connectivity index (χ3n) is 6.53. The number of hydrogen-bond donors (Lipinski definition) is 1. The predicted molar refractivity (Wildman–Crippen MR) is 124 cm³/mol. The lowest BCUT2D eigenvalue weighted by molar-refractivity contribution is -0.173. The van der Waals surface area contributed by atoms with Crippen molar-refractivity contribution >= 4 is 29.0 Å². The van der Waals surface area contributed by atoms with Gasteiger partial charge in [0, 0.05) is 38.3 Å². The van der Waals surface area contributed by atoms with E-state index in [0.29, 0.717) is 31.7 Å². The summed E-state index contributed by atoms with van der Waals surface area (Å²) in [7, 11) is 0. The third kappa shape index (κ3) is 4.59. The summed E-state index contributed by atoms with van der Waals surface area (Å²) in [5.74, 6) is -1.52. The van der Waals surface area contributed by atoms with Gasteiger partial charge in [-0.1, -0.05) is 23.7 Å². The van der Waals surface area contributed by atoms with Crippen molar-refractivity contribution in [1.82, 2.24) is 14.7 Å². The number of amides is 1. The summed E-state index contributed by atoms with van der Waals surface area (Å²) < 4.78 is 69.2. The lowest BCUT2D eigenvalue weighted by atomic mass is 9.97. The van der Waals surface area contributed by atoms with Crippen LogP contribution in [0.25, 0.3) is 0 Å². The first-order chi connectivity index (χ1) is 17.1. The molecule has 0 spiro atoms. The molecule has 2 atom stereocenters. The Kier molecular flexibility index (Phi) is 6.27. The highest BCUT2D eigenvalue weighted by atomic mass is 35.5. The molecule has 2 aromatic carbocycles. The summed E-state index contributed by atoms with van der Waals surface area (Å²) >= 11 is 6.42. The van der Waals surface area contributed by atoms with E-state index in [4.69, 9.17) is 11.6 Å². The Bertz CT molecular complexity index is 1250. The summed E-state index contributed by atoms with van der Waals surface area (Å²) in [4.78, 5) is 16.7. The van der Waals surface area contributed by atoms with Crippen molar-refractivity contribution in [2.45, 2.75) is 24.7 Å². The number of hydrogen-bond acceptors (Lipinski definition) is 4. The molecule has 190 valence electrons. The molecule has 1 fully saturated rings. The van der Waals surface area contributed by atoms with Crippen LogP contribution >= 0.6 is 11.6 Å². The number of nitrogens with zero attached hydrogens (tertiary/aromatic N) is 4. The Morgan fingerprint density at radius 2 is 1.53 bits per heavy atom. The van der Waals surface area contributed by atoms with Gasteiger partial charge in [-0.25, -0.2) is 13.5 Å². The van der Waals surface area contributed by atoms with Crippen molar-refractivity contribution in [3.8, 4) is 0 Å². The van der Waals surface area contributed by atoms with E-state index in [1.54, 1.807) is 12.1 Å². The van der Waals surface area contributed by atoms with Crippen molar-refractivity contribution < 1.29 is 26.7 Å². The third-order valence-corrected chi connectivity index (χ3v) is 6.89. The zero-order valence-electron chi connectivity index (χ0n) is 18.8. The molecule has 0 bridgehead atoms. The van der Waals surface area contributed by atoms with Gasteiger partial charge in [-0.3, -0.25) is 4.79 Å². The van der Waals surface area contributed by atoms with Gasteiger partial charge < -0.3 is 15.1 Å². The van der Waals surface area contributed by atoms with Gasteiger partial charge in [0.1, 0.15) is 22.5 Å². The van der Waals surface area contributed by atoms with E-state index in [1.807, 2.05) is 4.90 Å².